The van der Waals surface area contributed by atoms with Gasteiger partial charge in [-0.15, -0.1) is 0 Å². The van der Waals surface area contributed by atoms with E-state index in [2.05, 4.69) is 10.5 Å². The van der Waals surface area contributed by atoms with E-state index in [9.17, 15) is 9.18 Å². The lowest BCUT2D eigenvalue weighted by atomic mass is 9.95. The third-order valence-electron chi connectivity index (χ3n) is 3.73. The summed E-state index contributed by atoms with van der Waals surface area (Å²) in [5.41, 5.74) is 2.44. The monoisotopic (exact) mass is 304 g/mol. The molecule has 118 valence electrons. The molecular formula is C17H21FN2O2. The minimum atomic E-state index is -0.284. The van der Waals surface area contributed by atoms with Gasteiger partial charge in [0.15, 0.2) is 0 Å². The van der Waals surface area contributed by atoms with Gasteiger partial charge < -0.3 is 9.84 Å². The molecular weight excluding hydrogens is 283 g/mol. The zero-order chi connectivity index (χ0) is 16.3. The van der Waals surface area contributed by atoms with Crippen LogP contribution in [-0.4, -0.2) is 11.1 Å². The Balaban J connectivity index is 2.11. The maximum atomic E-state index is 13.0. The van der Waals surface area contributed by atoms with E-state index in [4.69, 9.17) is 4.52 Å². The van der Waals surface area contributed by atoms with Gasteiger partial charge in [0.1, 0.15) is 11.6 Å². The van der Waals surface area contributed by atoms with Crippen molar-refractivity contribution in [2.24, 2.45) is 5.92 Å². The highest BCUT2D eigenvalue weighted by atomic mass is 19.1. The Kier molecular flexibility index (Phi) is 4.96. The van der Waals surface area contributed by atoms with Gasteiger partial charge in [-0.3, -0.25) is 4.79 Å². The van der Waals surface area contributed by atoms with Crippen LogP contribution in [0, 0.1) is 25.6 Å². The summed E-state index contributed by atoms with van der Waals surface area (Å²) in [6.07, 6.45) is 0.228. The Morgan fingerprint density at radius 1 is 1.27 bits per heavy atom. The maximum absolute atomic E-state index is 13.0. The van der Waals surface area contributed by atoms with E-state index in [1.165, 1.54) is 12.1 Å². The van der Waals surface area contributed by atoms with Gasteiger partial charge in [-0.25, -0.2) is 4.39 Å². The maximum Gasteiger partial charge on any atom is 0.225 e. The third-order valence-corrected chi connectivity index (χ3v) is 3.73. The van der Waals surface area contributed by atoms with Crippen molar-refractivity contribution in [2.45, 2.75) is 40.2 Å². The quantitative estimate of drug-likeness (QED) is 0.920. The molecule has 2 rings (SSSR count). The fraction of sp³-hybridized carbons (Fsp3) is 0.412. The van der Waals surface area contributed by atoms with Gasteiger partial charge in [-0.1, -0.05) is 31.1 Å². The van der Waals surface area contributed by atoms with Gasteiger partial charge in [-0.2, -0.15) is 0 Å². The van der Waals surface area contributed by atoms with Crippen LogP contribution in [0.3, 0.4) is 0 Å². The van der Waals surface area contributed by atoms with E-state index < -0.39 is 0 Å². The highest BCUT2D eigenvalue weighted by Crippen LogP contribution is 2.22. The van der Waals surface area contributed by atoms with E-state index in [1.807, 2.05) is 20.8 Å². The summed E-state index contributed by atoms with van der Waals surface area (Å²) in [6.45, 7) is 7.65. The first-order valence-electron chi connectivity index (χ1n) is 7.35. The average Bonchev–Trinajstić information content (AvgIpc) is 2.77. The molecule has 2 aromatic rings. The molecule has 0 saturated carbocycles. The molecule has 0 saturated heterocycles. The molecule has 0 aliphatic carbocycles. The second kappa shape index (κ2) is 6.73. The Morgan fingerprint density at radius 3 is 2.41 bits per heavy atom. The van der Waals surface area contributed by atoms with Gasteiger partial charge in [0.05, 0.1) is 18.2 Å². The summed E-state index contributed by atoms with van der Waals surface area (Å²) in [4.78, 5) is 12.3. The smallest absolute Gasteiger partial charge is 0.225 e. The number of halogens is 1. The molecule has 1 amide bonds. The van der Waals surface area contributed by atoms with Crippen molar-refractivity contribution in [1.29, 1.82) is 0 Å². The molecule has 0 fully saturated rings. The number of nitrogens with one attached hydrogen (secondary N) is 1. The number of nitrogens with zero attached hydrogens (tertiary/aromatic N) is 1. The molecule has 0 aliphatic rings. The molecule has 1 aromatic heterocycles. The van der Waals surface area contributed by atoms with Crippen LogP contribution in [0.25, 0.3) is 0 Å². The molecule has 1 heterocycles. The van der Waals surface area contributed by atoms with E-state index in [0.29, 0.717) is 5.76 Å². The highest BCUT2D eigenvalue weighted by Gasteiger charge is 2.20. The lowest BCUT2D eigenvalue weighted by molar-refractivity contribution is -0.121. The van der Waals surface area contributed by atoms with E-state index in [1.54, 1.807) is 19.1 Å². The molecule has 1 atom stereocenters. The second-order valence-corrected chi connectivity index (χ2v) is 5.82. The summed E-state index contributed by atoms with van der Waals surface area (Å²) >= 11 is 0. The summed E-state index contributed by atoms with van der Waals surface area (Å²) < 4.78 is 18.1. The summed E-state index contributed by atoms with van der Waals surface area (Å²) in [7, 11) is 0. The SMILES string of the molecule is Cc1noc(C)c1CC(=O)NC(c1ccc(F)cc1)C(C)C. The second-order valence-electron chi connectivity index (χ2n) is 5.82. The van der Waals surface area contributed by atoms with Crippen LogP contribution >= 0.6 is 0 Å². The van der Waals surface area contributed by atoms with Crippen molar-refractivity contribution in [3.63, 3.8) is 0 Å². The zero-order valence-corrected chi connectivity index (χ0v) is 13.3. The Morgan fingerprint density at radius 2 is 1.91 bits per heavy atom. The van der Waals surface area contributed by atoms with Crippen LogP contribution in [0.2, 0.25) is 0 Å². The molecule has 1 N–H and O–H groups in total. The van der Waals surface area contributed by atoms with E-state index >= 15 is 0 Å². The highest BCUT2D eigenvalue weighted by molar-refractivity contribution is 5.79. The number of hydrogen-bond donors (Lipinski definition) is 1. The third kappa shape index (κ3) is 3.72. The molecule has 22 heavy (non-hydrogen) atoms. The van der Waals surface area contributed by atoms with Crippen molar-refractivity contribution in [2.75, 3.05) is 0 Å². The van der Waals surface area contributed by atoms with Gasteiger partial charge in [0.25, 0.3) is 0 Å². The normalized spacial score (nSPS) is 12.5. The topological polar surface area (TPSA) is 55.1 Å². The van der Waals surface area contributed by atoms with E-state index in [0.717, 1.165) is 16.8 Å². The number of amides is 1. The number of carbonyl (C=O) groups is 1. The molecule has 5 heteroatoms. The number of benzene rings is 1. The van der Waals surface area contributed by atoms with Gasteiger partial charge in [-0.05, 0) is 37.5 Å². The molecule has 0 bridgehead atoms. The van der Waals surface area contributed by atoms with Crippen molar-refractivity contribution < 1.29 is 13.7 Å². The first-order valence-corrected chi connectivity index (χ1v) is 7.35. The largest absolute Gasteiger partial charge is 0.361 e. The molecule has 4 nitrogen and oxygen atoms in total. The standard InChI is InChI=1S/C17H21FN2O2/c1-10(2)17(13-5-7-14(18)8-6-13)19-16(21)9-15-11(3)20-22-12(15)4/h5-8,10,17H,9H2,1-4H3,(H,19,21). The summed E-state index contributed by atoms with van der Waals surface area (Å²) in [5, 5.41) is 6.87. The van der Waals surface area contributed by atoms with Crippen LogP contribution in [0.1, 0.15) is 42.5 Å². The predicted octanol–water partition coefficient (Wildman–Crippen LogP) is 3.49. The van der Waals surface area contributed by atoms with Crippen molar-refractivity contribution in [1.82, 2.24) is 10.5 Å². The molecule has 1 unspecified atom stereocenters. The van der Waals surface area contributed by atoms with Crippen molar-refractivity contribution in [3.8, 4) is 0 Å². The van der Waals surface area contributed by atoms with Gasteiger partial charge in [0, 0.05) is 5.56 Å². The number of carbonyl (C=O) groups excluding carboxylic acids is 1. The van der Waals surface area contributed by atoms with Crippen molar-refractivity contribution in [3.05, 3.63) is 52.7 Å². The fourth-order valence-electron chi connectivity index (χ4n) is 2.44. The lowest BCUT2D eigenvalue weighted by Gasteiger charge is -2.23. The fourth-order valence-corrected chi connectivity index (χ4v) is 2.44. The minimum Gasteiger partial charge on any atom is -0.361 e. The Bertz CT molecular complexity index is 628. The molecule has 0 spiro atoms. The van der Waals surface area contributed by atoms with Gasteiger partial charge >= 0.3 is 0 Å². The first-order chi connectivity index (χ1) is 10.4. The lowest BCUT2D eigenvalue weighted by Crippen LogP contribution is -2.33. The number of aromatic nitrogens is 1. The summed E-state index contributed by atoms with van der Waals surface area (Å²) in [6, 6.07) is 6.07. The van der Waals surface area contributed by atoms with Crippen LogP contribution < -0.4 is 5.32 Å². The number of rotatable bonds is 5. The Labute approximate surface area is 129 Å². The zero-order valence-electron chi connectivity index (χ0n) is 13.3. The van der Waals surface area contributed by atoms with E-state index in [-0.39, 0.29) is 30.1 Å². The van der Waals surface area contributed by atoms with Crippen LogP contribution in [0.15, 0.2) is 28.8 Å². The number of aryl methyl sites for hydroxylation is 2. The van der Waals surface area contributed by atoms with Crippen LogP contribution in [-0.2, 0) is 11.2 Å². The van der Waals surface area contributed by atoms with Gasteiger partial charge in [0.2, 0.25) is 5.91 Å². The molecule has 0 aliphatic heterocycles. The molecule has 0 radical (unpaired) electrons. The summed E-state index contributed by atoms with van der Waals surface area (Å²) in [5.74, 6) is 0.473. The molecule has 1 aromatic carbocycles. The average molecular weight is 304 g/mol. The number of hydrogen-bond acceptors (Lipinski definition) is 3. The minimum absolute atomic E-state index is 0.0996. The first kappa shape index (κ1) is 16.2. The predicted molar refractivity (Wildman–Crippen MR) is 81.8 cm³/mol. The van der Waals surface area contributed by atoms with Crippen LogP contribution in [0.5, 0.6) is 0 Å². The Hall–Kier alpha value is -2.17. The van der Waals surface area contributed by atoms with Crippen LogP contribution in [0.4, 0.5) is 4.39 Å². The van der Waals surface area contributed by atoms with Crippen molar-refractivity contribution >= 4 is 5.91 Å².